The zero-order chi connectivity index (χ0) is 23.7. The van der Waals surface area contributed by atoms with E-state index < -0.39 is 0 Å². The van der Waals surface area contributed by atoms with Crippen LogP contribution in [0.4, 0.5) is 0 Å². The molecule has 0 spiro atoms. The lowest BCUT2D eigenvalue weighted by molar-refractivity contribution is -0.0843. The van der Waals surface area contributed by atoms with Crippen LogP contribution < -0.4 is 5.32 Å². The summed E-state index contributed by atoms with van der Waals surface area (Å²) < 4.78 is 7.78. The highest BCUT2D eigenvalue weighted by Gasteiger charge is 2.39. The van der Waals surface area contributed by atoms with E-state index in [-0.39, 0.29) is 24.0 Å². The number of hydrogen-bond donors (Lipinski definition) is 1. The number of fused-ring (bicyclic) bond motifs is 3. The third-order valence-electron chi connectivity index (χ3n) is 6.81. The van der Waals surface area contributed by atoms with Crippen LogP contribution in [0.3, 0.4) is 0 Å². The molecular weight excluding hydrogens is 448 g/mol. The van der Waals surface area contributed by atoms with E-state index in [2.05, 4.69) is 36.2 Å². The molecule has 2 atom stereocenters. The Morgan fingerprint density at radius 1 is 1.15 bits per heavy atom. The third-order valence-corrected chi connectivity index (χ3v) is 7.04. The van der Waals surface area contributed by atoms with Gasteiger partial charge in [0.2, 0.25) is 0 Å². The molecule has 3 aromatic rings. The average molecular weight is 479 g/mol. The van der Waals surface area contributed by atoms with Crippen molar-refractivity contribution >= 4 is 28.4 Å². The fraction of sp³-hybridized carbons (Fsp3) is 0.407. The number of morpholine rings is 1. The molecule has 0 aliphatic carbocycles. The molecule has 1 N–H and O–H groups in total. The lowest BCUT2D eigenvalue weighted by Gasteiger charge is -2.48. The van der Waals surface area contributed by atoms with Gasteiger partial charge in [0.25, 0.3) is 5.91 Å². The molecule has 2 bridgehead atoms. The second-order valence-corrected chi connectivity index (χ2v) is 10.1. The maximum atomic E-state index is 13.3. The summed E-state index contributed by atoms with van der Waals surface area (Å²) in [7, 11) is 0. The number of rotatable bonds is 6. The van der Waals surface area contributed by atoms with Crippen molar-refractivity contribution in [2.24, 2.45) is 0 Å². The van der Waals surface area contributed by atoms with Crippen molar-refractivity contribution in [1.82, 2.24) is 20.0 Å². The summed E-state index contributed by atoms with van der Waals surface area (Å²) in [6.07, 6.45) is 3.84. The van der Waals surface area contributed by atoms with Crippen LogP contribution in [0.1, 0.15) is 42.7 Å². The van der Waals surface area contributed by atoms with Crippen molar-refractivity contribution < 1.29 is 9.53 Å². The molecule has 1 amide bonds. The summed E-state index contributed by atoms with van der Waals surface area (Å²) in [5, 5.41) is 9.64. The Hall–Kier alpha value is -2.67. The Bertz CT molecular complexity index is 1200. The van der Waals surface area contributed by atoms with Crippen molar-refractivity contribution in [3.8, 4) is 0 Å². The van der Waals surface area contributed by atoms with Gasteiger partial charge in [0.05, 0.1) is 25.3 Å². The molecule has 0 saturated carbocycles. The molecular formula is C27H31ClN4O2. The molecule has 0 radical (unpaired) electrons. The highest BCUT2D eigenvalue weighted by Crippen LogP contribution is 2.30. The number of ether oxygens (including phenoxy) is 1. The largest absolute Gasteiger partial charge is 0.378 e. The maximum absolute atomic E-state index is 13.3. The van der Waals surface area contributed by atoms with Gasteiger partial charge in [-0.05, 0) is 50.5 Å². The maximum Gasteiger partial charge on any atom is 0.272 e. The van der Waals surface area contributed by atoms with Crippen molar-refractivity contribution in [2.45, 2.75) is 57.9 Å². The summed E-state index contributed by atoms with van der Waals surface area (Å²) >= 11 is 6.20. The summed E-state index contributed by atoms with van der Waals surface area (Å²) in [5.41, 5.74) is 3.91. The Morgan fingerprint density at radius 3 is 2.65 bits per heavy atom. The van der Waals surface area contributed by atoms with Gasteiger partial charge in [-0.3, -0.25) is 14.4 Å². The molecule has 6 nitrogen and oxygen atoms in total. The van der Waals surface area contributed by atoms with Gasteiger partial charge in [-0.2, -0.15) is 5.10 Å². The number of para-hydroxylation sites is 1. The van der Waals surface area contributed by atoms with E-state index in [1.807, 2.05) is 47.1 Å². The van der Waals surface area contributed by atoms with E-state index in [1.54, 1.807) is 0 Å². The summed E-state index contributed by atoms with van der Waals surface area (Å²) in [5.74, 6) is -0.0977. The zero-order valence-electron chi connectivity index (χ0n) is 19.7. The van der Waals surface area contributed by atoms with Crippen molar-refractivity contribution in [1.29, 1.82) is 0 Å². The Kier molecular flexibility index (Phi) is 6.73. The standard InChI is InChI=1S/C27H31ClN4O2/c1-18(2)10-11-32-25-9-4-3-8-24(25)26(30-32)27(33)29-21-13-22-16-34-17-23(14-21)31(22)15-19-6-5-7-20(28)12-19/h3-10,12,21-23H,11,13-17H2,1-2H3,(H,29,33). The molecule has 34 heavy (non-hydrogen) atoms. The molecule has 5 rings (SSSR count). The highest BCUT2D eigenvalue weighted by atomic mass is 35.5. The molecule has 2 aliphatic rings. The lowest BCUT2D eigenvalue weighted by atomic mass is 9.89. The summed E-state index contributed by atoms with van der Waals surface area (Å²) in [6.45, 7) is 7.00. The molecule has 2 aromatic carbocycles. The van der Waals surface area contributed by atoms with E-state index in [9.17, 15) is 4.79 Å². The van der Waals surface area contributed by atoms with Crippen molar-refractivity contribution in [3.63, 3.8) is 0 Å². The first kappa shape index (κ1) is 23.1. The fourth-order valence-electron chi connectivity index (χ4n) is 5.17. The fourth-order valence-corrected chi connectivity index (χ4v) is 5.38. The van der Waals surface area contributed by atoms with Crippen LogP contribution in [0, 0.1) is 0 Å². The number of carbonyl (C=O) groups is 1. The SMILES string of the molecule is CC(C)=CCn1nc(C(=O)NC2CC3COCC(C2)N3Cc2cccc(Cl)c2)c2ccccc21. The predicted octanol–water partition coefficient (Wildman–Crippen LogP) is 4.82. The Balaban J connectivity index is 1.31. The highest BCUT2D eigenvalue weighted by molar-refractivity contribution is 6.30. The Labute approximate surface area is 205 Å². The topological polar surface area (TPSA) is 59.4 Å². The molecule has 3 heterocycles. The van der Waals surface area contributed by atoms with Crippen LogP contribution in [-0.4, -0.2) is 51.9 Å². The quantitative estimate of drug-likeness (QED) is 0.516. The van der Waals surface area contributed by atoms with E-state index in [0.717, 1.165) is 35.3 Å². The van der Waals surface area contributed by atoms with Crippen LogP contribution in [-0.2, 0) is 17.8 Å². The first-order chi connectivity index (χ1) is 16.5. The lowest BCUT2D eigenvalue weighted by Crippen LogP contribution is -2.60. The number of halogens is 1. The van der Waals surface area contributed by atoms with E-state index in [1.165, 1.54) is 11.1 Å². The first-order valence-electron chi connectivity index (χ1n) is 12.0. The average Bonchev–Trinajstić information content (AvgIpc) is 3.17. The minimum atomic E-state index is -0.0977. The third kappa shape index (κ3) is 4.90. The van der Waals surface area contributed by atoms with Gasteiger partial charge in [0, 0.05) is 35.1 Å². The number of amides is 1. The first-order valence-corrected chi connectivity index (χ1v) is 12.3. The van der Waals surface area contributed by atoms with Crippen molar-refractivity contribution in [2.75, 3.05) is 13.2 Å². The predicted molar refractivity (Wildman–Crippen MR) is 135 cm³/mol. The minimum Gasteiger partial charge on any atom is -0.378 e. The summed E-state index contributed by atoms with van der Waals surface area (Å²) in [4.78, 5) is 15.9. The zero-order valence-corrected chi connectivity index (χ0v) is 20.5. The second kappa shape index (κ2) is 9.90. The van der Waals surface area contributed by atoms with Gasteiger partial charge < -0.3 is 10.1 Å². The molecule has 2 fully saturated rings. The van der Waals surface area contributed by atoms with Crippen LogP contribution >= 0.6 is 11.6 Å². The molecule has 2 saturated heterocycles. The normalized spacial score (nSPS) is 22.5. The van der Waals surface area contributed by atoms with Gasteiger partial charge in [-0.25, -0.2) is 0 Å². The number of hydrogen-bond acceptors (Lipinski definition) is 4. The van der Waals surface area contributed by atoms with Crippen LogP contribution in [0.5, 0.6) is 0 Å². The number of nitrogens with zero attached hydrogens (tertiary/aromatic N) is 3. The van der Waals surface area contributed by atoms with Crippen molar-refractivity contribution in [3.05, 3.63) is 76.5 Å². The van der Waals surface area contributed by atoms with E-state index >= 15 is 0 Å². The van der Waals surface area contributed by atoms with Gasteiger partial charge in [0.1, 0.15) is 0 Å². The number of piperidine rings is 1. The smallest absolute Gasteiger partial charge is 0.272 e. The molecule has 1 aromatic heterocycles. The molecule has 2 unspecified atom stereocenters. The Morgan fingerprint density at radius 2 is 1.91 bits per heavy atom. The molecule has 7 heteroatoms. The van der Waals surface area contributed by atoms with Crippen LogP contribution in [0.2, 0.25) is 5.02 Å². The van der Waals surface area contributed by atoms with Gasteiger partial charge in [-0.1, -0.05) is 53.6 Å². The van der Waals surface area contributed by atoms with Gasteiger partial charge >= 0.3 is 0 Å². The molecule has 2 aliphatic heterocycles. The van der Waals surface area contributed by atoms with Gasteiger partial charge in [0.15, 0.2) is 5.69 Å². The number of allylic oxidation sites excluding steroid dienone is 2. The van der Waals surface area contributed by atoms with E-state index in [4.69, 9.17) is 21.4 Å². The minimum absolute atomic E-state index is 0.0977. The summed E-state index contributed by atoms with van der Waals surface area (Å²) in [6, 6.07) is 16.6. The number of carbonyl (C=O) groups excluding carboxylic acids is 1. The van der Waals surface area contributed by atoms with Gasteiger partial charge in [-0.15, -0.1) is 0 Å². The number of benzene rings is 2. The molecule has 178 valence electrons. The van der Waals surface area contributed by atoms with E-state index in [0.29, 0.717) is 25.5 Å². The van der Waals surface area contributed by atoms with Crippen LogP contribution in [0.25, 0.3) is 10.9 Å². The number of aromatic nitrogens is 2. The number of nitrogens with one attached hydrogen (secondary N) is 1. The monoisotopic (exact) mass is 478 g/mol. The van der Waals surface area contributed by atoms with Crippen LogP contribution in [0.15, 0.2) is 60.2 Å². The second-order valence-electron chi connectivity index (χ2n) is 9.62.